The molecule has 2 aromatic carbocycles. The fourth-order valence-electron chi connectivity index (χ4n) is 1.83. The van der Waals surface area contributed by atoms with E-state index in [-0.39, 0.29) is 5.91 Å². The van der Waals surface area contributed by atoms with Crippen LogP contribution in [0.1, 0.15) is 16.7 Å². The summed E-state index contributed by atoms with van der Waals surface area (Å²) in [4.78, 5) is 11.9. The van der Waals surface area contributed by atoms with Crippen LogP contribution in [-0.2, 0) is 4.79 Å². The monoisotopic (exact) mass is 319 g/mol. The van der Waals surface area contributed by atoms with Crippen molar-refractivity contribution in [1.29, 1.82) is 0 Å². The van der Waals surface area contributed by atoms with Gasteiger partial charge in [0.25, 0.3) is 0 Å². The van der Waals surface area contributed by atoms with E-state index in [0.29, 0.717) is 15.6 Å². The highest BCUT2D eigenvalue weighted by Gasteiger charge is 2.03. The Hall–Kier alpha value is -1.77. The maximum atomic E-state index is 11.9. The van der Waals surface area contributed by atoms with E-state index in [1.807, 2.05) is 32.0 Å². The SMILES string of the molecule is Cc1ccc(NC(=O)C=Cc2c(Cl)cccc2Cl)cc1C. The number of carbonyl (C=O) groups is 1. The standard InChI is InChI=1S/C17H15Cl2NO/c1-11-6-7-13(10-12(11)2)20-17(21)9-8-14-15(18)4-3-5-16(14)19/h3-10H,1-2H3,(H,20,21). The van der Waals surface area contributed by atoms with Crippen LogP contribution in [0.25, 0.3) is 6.08 Å². The normalized spacial score (nSPS) is 10.9. The lowest BCUT2D eigenvalue weighted by atomic mass is 10.1. The lowest BCUT2D eigenvalue weighted by Gasteiger charge is -2.06. The fraction of sp³-hybridized carbons (Fsp3) is 0.118. The second-order valence-corrected chi connectivity index (χ2v) is 5.57. The van der Waals surface area contributed by atoms with Gasteiger partial charge in [-0.1, -0.05) is 35.3 Å². The summed E-state index contributed by atoms with van der Waals surface area (Å²) in [5.74, 6) is -0.228. The predicted octanol–water partition coefficient (Wildman–Crippen LogP) is 5.26. The van der Waals surface area contributed by atoms with Crippen molar-refractivity contribution >= 4 is 40.9 Å². The van der Waals surface area contributed by atoms with E-state index in [4.69, 9.17) is 23.2 Å². The molecule has 0 aliphatic rings. The van der Waals surface area contributed by atoms with Crippen LogP contribution in [0, 0.1) is 13.8 Å². The van der Waals surface area contributed by atoms with Crippen molar-refractivity contribution < 1.29 is 4.79 Å². The van der Waals surface area contributed by atoms with Gasteiger partial charge in [-0.3, -0.25) is 4.79 Å². The van der Waals surface area contributed by atoms with Gasteiger partial charge in [0.15, 0.2) is 0 Å². The topological polar surface area (TPSA) is 29.1 Å². The van der Waals surface area contributed by atoms with Crippen molar-refractivity contribution in [2.75, 3.05) is 5.32 Å². The number of anilines is 1. The molecule has 108 valence electrons. The van der Waals surface area contributed by atoms with E-state index < -0.39 is 0 Å². The molecule has 0 fully saturated rings. The van der Waals surface area contributed by atoms with E-state index in [0.717, 1.165) is 11.3 Å². The average Bonchev–Trinajstić information content (AvgIpc) is 2.42. The Morgan fingerprint density at radius 2 is 1.71 bits per heavy atom. The summed E-state index contributed by atoms with van der Waals surface area (Å²) < 4.78 is 0. The first-order valence-corrected chi connectivity index (χ1v) is 7.23. The largest absolute Gasteiger partial charge is 0.323 e. The summed E-state index contributed by atoms with van der Waals surface area (Å²) in [7, 11) is 0. The molecule has 0 aliphatic carbocycles. The smallest absolute Gasteiger partial charge is 0.248 e. The van der Waals surface area contributed by atoms with Gasteiger partial charge in [0, 0.05) is 27.4 Å². The lowest BCUT2D eigenvalue weighted by molar-refractivity contribution is -0.111. The van der Waals surface area contributed by atoms with Crippen LogP contribution in [0.4, 0.5) is 5.69 Å². The summed E-state index contributed by atoms with van der Waals surface area (Å²) in [6.45, 7) is 4.03. The molecule has 0 aliphatic heterocycles. The van der Waals surface area contributed by atoms with E-state index in [1.165, 1.54) is 11.6 Å². The highest BCUT2D eigenvalue weighted by atomic mass is 35.5. The number of nitrogens with one attached hydrogen (secondary N) is 1. The third kappa shape index (κ3) is 4.10. The second-order valence-electron chi connectivity index (χ2n) is 4.76. The zero-order chi connectivity index (χ0) is 15.4. The minimum Gasteiger partial charge on any atom is -0.323 e. The lowest BCUT2D eigenvalue weighted by Crippen LogP contribution is -2.07. The number of rotatable bonds is 3. The van der Waals surface area contributed by atoms with E-state index in [2.05, 4.69) is 5.32 Å². The number of aryl methyl sites for hydroxylation is 2. The van der Waals surface area contributed by atoms with Crippen LogP contribution < -0.4 is 5.32 Å². The Morgan fingerprint density at radius 1 is 1.05 bits per heavy atom. The zero-order valence-electron chi connectivity index (χ0n) is 11.8. The molecule has 0 aromatic heterocycles. The maximum Gasteiger partial charge on any atom is 0.248 e. The molecule has 1 N–H and O–H groups in total. The van der Waals surface area contributed by atoms with Crippen LogP contribution in [0.3, 0.4) is 0 Å². The number of amides is 1. The van der Waals surface area contributed by atoms with Gasteiger partial charge in [-0.25, -0.2) is 0 Å². The van der Waals surface area contributed by atoms with Crippen LogP contribution >= 0.6 is 23.2 Å². The van der Waals surface area contributed by atoms with Crippen LogP contribution in [0.2, 0.25) is 10.0 Å². The van der Waals surface area contributed by atoms with Gasteiger partial charge in [-0.2, -0.15) is 0 Å². The molecule has 0 bridgehead atoms. The number of benzene rings is 2. The maximum absolute atomic E-state index is 11.9. The van der Waals surface area contributed by atoms with Crippen LogP contribution in [0.5, 0.6) is 0 Å². The molecule has 0 radical (unpaired) electrons. The molecule has 0 unspecified atom stereocenters. The molecule has 0 saturated carbocycles. The van der Waals surface area contributed by atoms with Crippen molar-refractivity contribution in [3.05, 3.63) is 69.2 Å². The van der Waals surface area contributed by atoms with Gasteiger partial charge < -0.3 is 5.32 Å². The van der Waals surface area contributed by atoms with Crippen LogP contribution in [-0.4, -0.2) is 5.91 Å². The Kier molecular flexibility index (Phi) is 5.05. The second kappa shape index (κ2) is 6.79. The molecule has 1 amide bonds. The molecular weight excluding hydrogens is 305 g/mol. The first-order chi connectivity index (χ1) is 9.97. The molecule has 2 rings (SSSR count). The van der Waals surface area contributed by atoms with Gasteiger partial charge in [-0.15, -0.1) is 0 Å². The molecular formula is C17H15Cl2NO. The minimum absolute atomic E-state index is 0.228. The van der Waals surface area contributed by atoms with Gasteiger partial charge in [0.05, 0.1) is 0 Å². The molecule has 2 aromatic rings. The summed E-state index contributed by atoms with van der Waals surface area (Å²) >= 11 is 12.1. The van der Waals surface area contributed by atoms with Gasteiger partial charge >= 0.3 is 0 Å². The molecule has 21 heavy (non-hydrogen) atoms. The quantitative estimate of drug-likeness (QED) is 0.768. The van der Waals surface area contributed by atoms with E-state index in [9.17, 15) is 4.79 Å². The summed E-state index contributed by atoms with van der Waals surface area (Å²) in [6, 6.07) is 11.0. The molecule has 0 spiro atoms. The molecule has 0 saturated heterocycles. The Balaban J connectivity index is 2.11. The van der Waals surface area contributed by atoms with E-state index >= 15 is 0 Å². The van der Waals surface area contributed by atoms with Crippen molar-refractivity contribution in [2.45, 2.75) is 13.8 Å². The highest BCUT2D eigenvalue weighted by molar-refractivity contribution is 6.37. The van der Waals surface area contributed by atoms with E-state index in [1.54, 1.807) is 24.3 Å². The van der Waals surface area contributed by atoms with Gasteiger partial charge in [-0.05, 0) is 55.3 Å². The first-order valence-electron chi connectivity index (χ1n) is 6.47. The Labute approximate surface area is 134 Å². The number of hydrogen-bond donors (Lipinski definition) is 1. The van der Waals surface area contributed by atoms with Crippen molar-refractivity contribution in [3.8, 4) is 0 Å². The molecule has 0 atom stereocenters. The average molecular weight is 320 g/mol. The Bertz CT molecular complexity index is 688. The molecule has 2 nitrogen and oxygen atoms in total. The van der Waals surface area contributed by atoms with Gasteiger partial charge in [0.2, 0.25) is 5.91 Å². The number of halogens is 2. The van der Waals surface area contributed by atoms with Gasteiger partial charge in [0.1, 0.15) is 0 Å². The number of carbonyl (C=O) groups excluding carboxylic acids is 1. The zero-order valence-corrected chi connectivity index (χ0v) is 13.3. The highest BCUT2D eigenvalue weighted by Crippen LogP contribution is 2.25. The summed E-state index contributed by atoms with van der Waals surface area (Å²) in [5.41, 5.74) is 3.71. The van der Waals surface area contributed by atoms with Crippen LogP contribution in [0.15, 0.2) is 42.5 Å². The van der Waals surface area contributed by atoms with Crippen molar-refractivity contribution in [2.24, 2.45) is 0 Å². The third-order valence-electron chi connectivity index (χ3n) is 3.18. The third-order valence-corrected chi connectivity index (χ3v) is 3.83. The summed E-state index contributed by atoms with van der Waals surface area (Å²) in [6.07, 6.45) is 3.03. The van der Waals surface area contributed by atoms with Crippen molar-refractivity contribution in [3.63, 3.8) is 0 Å². The first kappa shape index (κ1) is 15.6. The predicted molar refractivity (Wildman–Crippen MR) is 90.0 cm³/mol. The summed E-state index contributed by atoms with van der Waals surface area (Å²) in [5, 5.41) is 3.83. The molecule has 0 heterocycles. The minimum atomic E-state index is -0.228. The fourth-order valence-corrected chi connectivity index (χ4v) is 2.36. The van der Waals surface area contributed by atoms with Crippen molar-refractivity contribution in [1.82, 2.24) is 0 Å². The Morgan fingerprint density at radius 3 is 2.33 bits per heavy atom. The number of hydrogen-bond acceptors (Lipinski definition) is 1. The molecule has 4 heteroatoms.